The number of hydrogen-bond donors (Lipinski definition) is 2. The summed E-state index contributed by atoms with van der Waals surface area (Å²) in [4.78, 5) is 8.91. The SMILES string of the molecule is Cc1ccc2nc(Sc3ccc(Br)cc3C(C)O)[nH]c2c1. The monoisotopic (exact) mass is 362 g/mol. The van der Waals surface area contributed by atoms with Crippen molar-refractivity contribution in [3.63, 3.8) is 0 Å². The number of aliphatic hydroxyl groups excluding tert-OH is 1. The van der Waals surface area contributed by atoms with Crippen molar-refractivity contribution < 1.29 is 5.11 Å². The number of nitrogens with zero attached hydrogens (tertiary/aromatic N) is 1. The van der Waals surface area contributed by atoms with Crippen LogP contribution >= 0.6 is 27.7 Å². The summed E-state index contributed by atoms with van der Waals surface area (Å²) in [6, 6.07) is 12.1. The minimum atomic E-state index is -0.517. The van der Waals surface area contributed by atoms with Gasteiger partial charge in [0.05, 0.1) is 17.1 Å². The lowest BCUT2D eigenvalue weighted by molar-refractivity contribution is 0.196. The van der Waals surface area contributed by atoms with Crippen molar-refractivity contribution in [3.8, 4) is 0 Å². The van der Waals surface area contributed by atoms with Crippen LogP contribution in [0.2, 0.25) is 0 Å². The summed E-state index contributed by atoms with van der Waals surface area (Å²) in [6.07, 6.45) is -0.517. The van der Waals surface area contributed by atoms with Crippen LogP contribution in [0.5, 0.6) is 0 Å². The maximum Gasteiger partial charge on any atom is 0.171 e. The highest BCUT2D eigenvalue weighted by Gasteiger charge is 2.12. The molecule has 0 aliphatic carbocycles. The first-order chi connectivity index (χ1) is 10.0. The minimum Gasteiger partial charge on any atom is -0.389 e. The Bertz CT molecular complexity index is 798. The van der Waals surface area contributed by atoms with Crippen molar-refractivity contribution in [2.45, 2.75) is 30.0 Å². The molecule has 2 aromatic carbocycles. The molecule has 0 aliphatic heterocycles. The minimum absolute atomic E-state index is 0.517. The molecule has 3 nitrogen and oxygen atoms in total. The Morgan fingerprint density at radius 1 is 1.24 bits per heavy atom. The summed E-state index contributed by atoms with van der Waals surface area (Å²) < 4.78 is 0.961. The number of aliphatic hydroxyl groups is 1. The molecule has 1 heterocycles. The predicted octanol–water partition coefficient (Wildman–Crippen LogP) is 4.84. The third kappa shape index (κ3) is 3.15. The molecule has 0 bridgehead atoms. The second-order valence-corrected chi connectivity index (χ2v) is 6.97. The Kier molecular flexibility index (Phi) is 4.06. The van der Waals surface area contributed by atoms with Crippen LogP contribution in [0.25, 0.3) is 11.0 Å². The van der Waals surface area contributed by atoms with Gasteiger partial charge in [-0.2, -0.15) is 0 Å². The third-order valence-corrected chi connectivity index (χ3v) is 4.72. The first kappa shape index (κ1) is 14.6. The molecule has 0 saturated carbocycles. The average Bonchev–Trinajstić information content (AvgIpc) is 2.82. The van der Waals surface area contributed by atoms with Crippen LogP contribution in [-0.4, -0.2) is 15.1 Å². The van der Waals surface area contributed by atoms with Gasteiger partial charge < -0.3 is 10.1 Å². The number of fused-ring (bicyclic) bond motifs is 1. The summed E-state index contributed by atoms with van der Waals surface area (Å²) >= 11 is 4.98. The third-order valence-electron chi connectivity index (χ3n) is 3.24. The number of halogens is 1. The highest BCUT2D eigenvalue weighted by molar-refractivity contribution is 9.10. The molecule has 0 aliphatic rings. The van der Waals surface area contributed by atoms with Crippen molar-refractivity contribution in [2.75, 3.05) is 0 Å². The quantitative estimate of drug-likeness (QED) is 0.700. The van der Waals surface area contributed by atoms with Gasteiger partial charge in [0.2, 0.25) is 0 Å². The lowest BCUT2D eigenvalue weighted by atomic mass is 10.1. The molecule has 108 valence electrons. The summed E-state index contributed by atoms with van der Waals surface area (Å²) in [6.45, 7) is 3.83. The van der Waals surface area contributed by atoms with Crippen molar-refractivity contribution in [1.29, 1.82) is 0 Å². The molecule has 0 fully saturated rings. The van der Waals surface area contributed by atoms with Crippen LogP contribution in [0.3, 0.4) is 0 Å². The largest absolute Gasteiger partial charge is 0.389 e. The molecule has 21 heavy (non-hydrogen) atoms. The first-order valence-electron chi connectivity index (χ1n) is 6.64. The molecule has 5 heteroatoms. The second kappa shape index (κ2) is 5.83. The van der Waals surface area contributed by atoms with Crippen LogP contribution < -0.4 is 0 Å². The zero-order chi connectivity index (χ0) is 15.0. The molecule has 1 unspecified atom stereocenters. The maximum absolute atomic E-state index is 9.92. The van der Waals surface area contributed by atoms with Gasteiger partial charge in [0.15, 0.2) is 5.16 Å². The molecule has 0 amide bonds. The fourth-order valence-corrected chi connectivity index (χ4v) is 3.57. The van der Waals surface area contributed by atoms with Gasteiger partial charge in [0, 0.05) is 9.37 Å². The molecule has 0 radical (unpaired) electrons. The van der Waals surface area contributed by atoms with Crippen LogP contribution in [0, 0.1) is 6.92 Å². The van der Waals surface area contributed by atoms with Crippen LogP contribution in [-0.2, 0) is 0 Å². The van der Waals surface area contributed by atoms with E-state index in [1.165, 1.54) is 17.3 Å². The van der Waals surface area contributed by atoms with E-state index in [1.807, 2.05) is 24.3 Å². The van der Waals surface area contributed by atoms with E-state index in [2.05, 4.69) is 45.0 Å². The molecular weight excluding hydrogens is 348 g/mol. The maximum atomic E-state index is 9.92. The van der Waals surface area contributed by atoms with Crippen molar-refractivity contribution in [1.82, 2.24) is 9.97 Å². The molecule has 3 aromatic rings. The van der Waals surface area contributed by atoms with Crippen LogP contribution in [0.4, 0.5) is 0 Å². The van der Waals surface area contributed by atoms with E-state index < -0.39 is 6.10 Å². The van der Waals surface area contributed by atoms with Crippen molar-refractivity contribution in [3.05, 3.63) is 52.0 Å². The Balaban J connectivity index is 1.98. The highest BCUT2D eigenvalue weighted by atomic mass is 79.9. The smallest absolute Gasteiger partial charge is 0.171 e. The summed E-state index contributed by atoms with van der Waals surface area (Å²) in [5.41, 5.74) is 4.09. The molecule has 3 rings (SSSR count). The van der Waals surface area contributed by atoms with Crippen molar-refractivity contribution >= 4 is 38.7 Å². The van der Waals surface area contributed by atoms with E-state index in [4.69, 9.17) is 0 Å². The van der Waals surface area contributed by atoms with E-state index in [0.29, 0.717) is 0 Å². The van der Waals surface area contributed by atoms with Gasteiger partial charge >= 0.3 is 0 Å². The lowest BCUT2D eigenvalue weighted by Gasteiger charge is -2.10. The molecule has 0 spiro atoms. The van der Waals surface area contributed by atoms with Gasteiger partial charge in [0.25, 0.3) is 0 Å². The van der Waals surface area contributed by atoms with Gasteiger partial charge in [-0.05, 0) is 55.3 Å². The Morgan fingerprint density at radius 3 is 2.81 bits per heavy atom. The average molecular weight is 363 g/mol. The van der Waals surface area contributed by atoms with E-state index in [1.54, 1.807) is 6.92 Å². The highest BCUT2D eigenvalue weighted by Crippen LogP contribution is 2.34. The number of rotatable bonds is 3. The van der Waals surface area contributed by atoms with E-state index in [0.717, 1.165) is 31.1 Å². The first-order valence-corrected chi connectivity index (χ1v) is 8.25. The fourth-order valence-electron chi connectivity index (χ4n) is 2.19. The molecule has 1 aromatic heterocycles. The van der Waals surface area contributed by atoms with Gasteiger partial charge in [0.1, 0.15) is 0 Å². The van der Waals surface area contributed by atoms with E-state index in [-0.39, 0.29) is 0 Å². The molecule has 0 saturated heterocycles. The van der Waals surface area contributed by atoms with Crippen LogP contribution in [0.15, 0.2) is 50.9 Å². The zero-order valence-corrected chi connectivity index (χ0v) is 14.1. The standard InChI is InChI=1S/C16H15BrN2OS/c1-9-3-5-13-14(7-9)19-16(18-13)21-15-6-4-11(17)8-12(15)10(2)20/h3-8,10,20H,1-2H3,(H,18,19). The fraction of sp³-hybridized carbons (Fsp3) is 0.188. The number of benzene rings is 2. The topological polar surface area (TPSA) is 48.9 Å². The normalized spacial score (nSPS) is 12.8. The molecule has 2 N–H and O–H groups in total. The molecular formula is C16H15BrN2OS. The van der Waals surface area contributed by atoms with Gasteiger partial charge in [-0.15, -0.1) is 0 Å². The van der Waals surface area contributed by atoms with Crippen molar-refractivity contribution in [2.24, 2.45) is 0 Å². The van der Waals surface area contributed by atoms with Crippen LogP contribution in [0.1, 0.15) is 24.2 Å². The summed E-state index contributed by atoms with van der Waals surface area (Å²) in [7, 11) is 0. The molecule has 1 atom stereocenters. The van der Waals surface area contributed by atoms with E-state index in [9.17, 15) is 5.11 Å². The number of imidazole rings is 1. The number of H-pyrrole nitrogens is 1. The number of aryl methyl sites for hydroxylation is 1. The summed E-state index contributed by atoms with van der Waals surface area (Å²) in [5, 5.41) is 10.8. The van der Waals surface area contributed by atoms with Gasteiger partial charge in [-0.1, -0.05) is 33.8 Å². The Morgan fingerprint density at radius 2 is 2.05 bits per heavy atom. The number of nitrogens with one attached hydrogen (secondary N) is 1. The second-order valence-electron chi connectivity index (χ2n) is 5.02. The van der Waals surface area contributed by atoms with E-state index >= 15 is 0 Å². The number of aromatic nitrogens is 2. The van der Waals surface area contributed by atoms with Gasteiger partial charge in [-0.3, -0.25) is 0 Å². The van der Waals surface area contributed by atoms with Gasteiger partial charge in [-0.25, -0.2) is 4.98 Å². The lowest BCUT2D eigenvalue weighted by Crippen LogP contribution is -1.94. The Labute approximate surface area is 135 Å². The summed E-state index contributed by atoms with van der Waals surface area (Å²) in [5.74, 6) is 0. The number of hydrogen-bond acceptors (Lipinski definition) is 3. The predicted molar refractivity (Wildman–Crippen MR) is 89.7 cm³/mol. The zero-order valence-electron chi connectivity index (χ0n) is 11.7. The number of aromatic amines is 1. The Hall–Kier alpha value is -1.30.